The topological polar surface area (TPSA) is 127 Å². The van der Waals surface area contributed by atoms with Gasteiger partial charge >= 0.3 is 0 Å². The second-order valence-corrected chi connectivity index (χ2v) is 3.35. The predicted molar refractivity (Wildman–Crippen MR) is 58.4 cm³/mol. The first kappa shape index (κ1) is 11.6. The van der Waals surface area contributed by atoms with E-state index in [0.29, 0.717) is 5.56 Å². The Labute approximate surface area is 100 Å². The van der Waals surface area contributed by atoms with Crippen LogP contribution in [0.5, 0.6) is 0 Å². The molecule has 2 rings (SSSR count). The first-order valence-corrected chi connectivity index (χ1v) is 4.92. The Kier molecular flexibility index (Phi) is 3.23. The van der Waals surface area contributed by atoms with Gasteiger partial charge in [-0.25, -0.2) is 0 Å². The van der Waals surface area contributed by atoms with Crippen molar-refractivity contribution in [2.75, 3.05) is 0 Å². The minimum absolute atomic E-state index is 0.0266. The minimum atomic E-state index is -0.504. The predicted octanol–water partition coefficient (Wildman–Crippen LogP) is 0.0379. The summed E-state index contributed by atoms with van der Waals surface area (Å²) in [6.45, 7) is 0.148. The highest BCUT2D eigenvalue weighted by Crippen LogP contribution is 2.12. The molecular weight excluding hydrogens is 240 g/mol. The number of hydrogen-bond acceptors (Lipinski definition) is 6. The molecule has 0 fully saturated rings. The standard InChI is InChI=1S/C9H8N6O3/c16-9(8-11-13-14-12-8)10-5-6-2-1-3-7(4-6)15(17)18/h1-4H,5H2,(H,10,16)(H,11,12,13,14). The Morgan fingerprint density at radius 3 is 3.00 bits per heavy atom. The second kappa shape index (κ2) is 4.99. The highest BCUT2D eigenvalue weighted by Gasteiger charge is 2.11. The molecule has 0 aliphatic carbocycles. The normalized spacial score (nSPS) is 10.0. The molecule has 1 heterocycles. The molecule has 1 aromatic heterocycles. The summed E-state index contributed by atoms with van der Waals surface area (Å²) in [6.07, 6.45) is 0. The lowest BCUT2D eigenvalue weighted by Gasteiger charge is -2.02. The third-order valence-electron chi connectivity index (χ3n) is 2.12. The molecule has 0 bridgehead atoms. The van der Waals surface area contributed by atoms with Gasteiger partial charge in [0, 0.05) is 18.7 Å². The first-order valence-electron chi connectivity index (χ1n) is 4.92. The third kappa shape index (κ3) is 2.64. The van der Waals surface area contributed by atoms with E-state index in [1.54, 1.807) is 12.1 Å². The Morgan fingerprint density at radius 2 is 2.33 bits per heavy atom. The van der Waals surface area contributed by atoms with Gasteiger partial charge in [0.25, 0.3) is 17.4 Å². The van der Waals surface area contributed by atoms with E-state index >= 15 is 0 Å². The summed E-state index contributed by atoms with van der Waals surface area (Å²) in [7, 11) is 0. The van der Waals surface area contributed by atoms with Crippen LogP contribution in [0, 0.1) is 10.1 Å². The quantitative estimate of drug-likeness (QED) is 0.580. The number of carbonyl (C=O) groups is 1. The van der Waals surface area contributed by atoms with Crippen LogP contribution < -0.4 is 5.32 Å². The number of aromatic amines is 1. The number of amides is 1. The zero-order chi connectivity index (χ0) is 13.0. The van der Waals surface area contributed by atoms with E-state index in [2.05, 4.69) is 25.9 Å². The number of nitrogens with one attached hydrogen (secondary N) is 2. The second-order valence-electron chi connectivity index (χ2n) is 3.35. The lowest BCUT2D eigenvalue weighted by atomic mass is 10.2. The molecule has 0 saturated carbocycles. The van der Waals surface area contributed by atoms with Gasteiger partial charge in [0.2, 0.25) is 0 Å². The van der Waals surface area contributed by atoms with E-state index in [-0.39, 0.29) is 18.1 Å². The summed E-state index contributed by atoms with van der Waals surface area (Å²) in [5.74, 6) is -0.587. The number of hydrogen-bond donors (Lipinski definition) is 2. The van der Waals surface area contributed by atoms with Crippen molar-refractivity contribution in [2.24, 2.45) is 0 Å². The van der Waals surface area contributed by atoms with Gasteiger partial charge in [0.1, 0.15) is 0 Å². The number of nitrogens with zero attached hydrogens (tertiary/aromatic N) is 4. The summed E-state index contributed by atoms with van der Waals surface area (Å²) >= 11 is 0. The summed E-state index contributed by atoms with van der Waals surface area (Å²) in [5, 5.41) is 25.5. The Bertz CT molecular complexity index is 567. The summed E-state index contributed by atoms with van der Waals surface area (Å²) < 4.78 is 0. The summed E-state index contributed by atoms with van der Waals surface area (Å²) in [5.41, 5.74) is 0.586. The van der Waals surface area contributed by atoms with Crippen molar-refractivity contribution >= 4 is 11.6 Å². The fourth-order valence-electron chi connectivity index (χ4n) is 1.30. The summed E-state index contributed by atoms with van der Waals surface area (Å²) in [6, 6.07) is 5.98. The van der Waals surface area contributed by atoms with Crippen LogP contribution in [-0.2, 0) is 6.54 Å². The lowest BCUT2D eigenvalue weighted by Crippen LogP contribution is -2.24. The molecule has 18 heavy (non-hydrogen) atoms. The summed E-state index contributed by atoms with van der Waals surface area (Å²) in [4.78, 5) is 21.5. The van der Waals surface area contributed by atoms with Crippen LogP contribution in [-0.4, -0.2) is 31.5 Å². The van der Waals surface area contributed by atoms with Crippen LogP contribution in [0.1, 0.15) is 16.2 Å². The average Bonchev–Trinajstić information content (AvgIpc) is 2.90. The van der Waals surface area contributed by atoms with E-state index in [1.165, 1.54) is 12.1 Å². The molecule has 1 amide bonds. The van der Waals surface area contributed by atoms with Gasteiger partial charge in [-0.15, -0.1) is 10.2 Å². The number of nitro benzene ring substituents is 1. The maximum absolute atomic E-state index is 11.5. The molecule has 0 aliphatic heterocycles. The van der Waals surface area contributed by atoms with Crippen LogP contribution in [0.3, 0.4) is 0 Å². The molecule has 2 N–H and O–H groups in total. The van der Waals surface area contributed by atoms with Crippen LogP contribution in [0.25, 0.3) is 0 Å². The van der Waals surface area contributed by atoms with E-state index in [9.17, 15) is 14.9 Å². The van der Waals surface area contributed by atoms with Crippen LogP contribution >= 0.6 is 0 Å². The molecule has 0 saturated heterocycles. The zero-order valence-electron chi connectivity index (χ0n) is 9.03. The van der Waals surface area contributed by atoms with Crippen LogP contribution in [0.4, 0.5) is 5.69 Å². The molecule has 9 nitrogen and oxygen atoms in total. The molecule has 0 aliphatic rings. The molecule has 9 heteroatoms. The van der Waals surface area contributed by atoms with Gasteiger partial charge in [-0.3, -0.25) is 14.9 Å². The molecule has 92 valence electrons. The van der Waals surface area contributed by atoms with Crippen LogP contribution in [0.2, 0.25) is 0 Å². The van der Waals surface area contributed by atoms with E-state index in [0.717, 1.165) is 0 Å². The van der Waals surface area contributed by atoms with Gasteiger partial charge in [-0.2, -0.15) is 5.21 Å². The number of benzene rings is 1. The fraction of sp³-hybridized carbons (Fsp3) is 0.111. The Balaban J connectivity index is 2.00. The maximum Gasteiger partial charge on any atom is 0.293 e. The van der Waals surface area contributed by atoms with Gasteiger partial charge in [-0.05, 0) is 10.8 Å². The smallest absolute Gasteiger partial charge is 0.293 e. The van der Waals surface area contributed by atoms with Gasteiger partial charge in [0.05, 0.1) is 4.92 Å². The molecule has 0 spiro atoms. The molecule has 2 aromatic rings. The van der Waals surface area contributed by atoms with Gasteiger partial charge < -0.3 is 5.32 Å². The number of nitro groups is 1. The van der Waals surface area contributed by atoms with Crippen molar-refractivity contribution in [2.45, 2.75) is 6.54 Å². The zero-order valence-corrected chi connectivity index (χ0v) is 9.03. The minimum Gasteiger partial charge on any atom is -0.345 e. The lowest BCUT2D eigenvalue weighted by molar-refractivity contribution is -0.384. The highest BCUT2D eigenvalue weighted by molar-refractivity contribution is 5.89. The van der Waals surface area contributed by atoms with Gasteiger partial charge in [0.15, 0.2) is 0 Å². The number of carbonyl (C=O) groups excluding carboxylic acids is 1. The van der Waals surface area contributed by atoms with Crippen molar-refractivity contribution in [3.63, 3.8) is 0 Å². The largest absolute Gasteiger partial charge is 0.345 e. The number of H-pyrrole nitrogens is 1. The first-order chi connectivity index (χ1) is 8.66. The van der Waals surface area contributed by atoms with Crippen molar-refractivity contribution in [3.8, 4) is 0 Å². The van der Waals surface area contributed by atoms with Crippen molar-refractivity contribution in [3.05, 3.63) is 45.8 Å². The molecule has 0 atom stereocenters. The molecule has 0 radical (unpaired) electrons. The van der Waals surface area contributed by atoms with Crippen molar-refractivity contribution < 1.29 is 9.72 Å². The van der Waals surface area contributed by atoms with Crippen LogP contribution in [0.15, 0.2) is 24.3 Å². The van der Waals surface area contributed by atoms with Crippen molar-refractivity contribution in [1.29, 1.82) is 0 Å². The molecular formula is C9H8N6O3. The number of tetrazole rings is 1. The number of rotatable bonds is 4. The fourth-order valence-corrected chi connectivity index (χ4v) is 1.30. The van der Waals surface area contributed by atoms with E-state index < -0.39 is 10.8 Å². The van der Waals surface area contributed by atoms with E-state index in [1.807, 2.05) is 0 Å². The van der Waals surface area contributed by atoms with Crippen molar-refractivity contribution in [1.82, 2.24) is 25.9 Å². The Hall–Kier alpha value is -2.84. The number of non-ortho nitro benzene ring substituents is 1. The average molecular weight is 248 g/mol. The maximum atomic E-state index is 11.5. The SMILES string of the molecule is O=C(NCc1cccc([N+](=O)[O-])c1)c1nn[nH]n1. The highest BCUT2D eigenvalue weighted by atomic mass is 16.6. The monoisotopic (exact) mass is 248 g/mol. The third-order valence-corrected chi connectivity index (χ3v) is 2.12. The molecule has 1 aromatic carbocycles. The van der Waals surface area contributed by atoms with E-state index in [4.69, 9.17) is 0 Å². The van der Waals surface area contributed by atoms with Gasteiger partial charge in [-0.1, -0.05) is 12.1 Å². The Morgan fingerprint density at radius 1 is 1.50 bits per heavy atom. The molecule has 0 unspecified atom stereocenters. The number of aromatic nitrogens is 4.